The first-order chi connectivity index (χ1) is 5.72. The van der Waals surface area contributed by atoms with Crippen LogP contribution in [0.2, 0.25) is 0 Å². The molecule has 0 saturated carbocycles. The Hall–Kier alpha value is -0.490. The van der Waals surface area contributed by atoms with Crippen LogP contribution in [0, 0.1) is 0 Å². The van der Waals surface area contributed by atoms with Crippen molar-refractivity contribution in [3.05, 3.63) is 5.82 Å². The van der Waals surface area contributed by atoms with Gasteiger partial charge in [0.15, 0.2) is 5.82 Å². The Labute approximate surface area is 79.7 Å². The second-order valence-corrected chi connectivity index (χ2v) is 3.28. The number of alkyl halides is 1. The number of halogens is 1. The summed E-state index contributed by atoms with van der Waals surface area (Å²) in [4.78, 5) is 1.45. The normalized spacial score (nSPS) is 13.2. The highest BCUT2D eigenvalue weighted by molar-refractivity contribution is 9.09. The first-order valence-corrected chi connectivity index (χ1v) is 4.86. The molecule has 6 heteroatoms. The lowest BCUT2D eigenvalue weighted by Gasteiger charge is -2.06. The maximum Gasteiger partial charge on any atom is 0.188 e. The largest absolute Gasteiger partial charge is 0.306 e. The Morgan fingerprint density at radius 2 is 2.42 bits per heavy atom. The average Bonchev–Trinajstić information content (AvgIpc) is 2.47. The second kappa shape index (κ2) is 4.51. The molecule has 12 heavy (non-hydrogen) atoms. The molecule has 68 valence electrons. The van der Waals surface area contributed by atoms with Crippen LogP contribution in [0.1, 0.15) is 12.7 Å². The van der Waals surface area contributed by atoms with Gasteiger partial charge in [0.05, 0.1) is 13.6 Å². The van der Waals surface area contributed by atoms with E-state index in [-0.39, 0.29) is 0 Å². The fourth-order valence-electron chi connectivity index (χ4n) is 0.714. The van der Waals surface area contributed by atoms with Gasteiger partial charge in [-0.05, 0) is 12.1 Å². The van der Waals surface area contributed by atoms with Gasteiger partial charge in [0.1, 0.15) is 0 Å². The van der Waals surface area contributed by atoms with Gasteiger partial charge < -0.3 is 5.32 Å². The lowest BCUT2D eigenvalue weighted by atomic mass is 10.4. The van der Waals surface area contributed by atoms with E-state index in [1.54, 1.807) is 7.05 Å². The summed E-state index contributed by atoms with van der Waals surface area (Å²) in [5, 5.41) is 15.8. The lowest BCUT2D eigenvalue weighted by Crippen LogP contribution is -2.27. The zero-order valence-electron chi connectivity index (χ0n) is 7.16. The van der Waals surface area contributed by atoms with Crippen LogP contribution >= 0.6 is 15.9 Å². The van der Waals surface area contributed by atoms with Crippen molar-refractivity contribution in [1.82, 2.24) is 25.5 Å². The molecule has 1 rings (SSSR count). The van der Waals surface area contributed by atoms with Crippen LogP contribution in [-0.4, -0.2) is 31.6 Å². The smallest absolute Gasteiger partial charge is 0.188 e. The number of aryl methyl sites for hydroxylation is 1. The summed E-state index contributed by atoms with van der Waals surface area (Å²) < 4.78 is 0. The Bertz CT molecular complexity index is 236. The molecule has 1 aromatic heterocycles. The van der Waals surface area contributed by atoms with Crippen molar-refractivity contribution in [2.75, 3.05) is 5.33 Å². The van der Waals surface area contributed by atoms with Crippen LogP contribution in [0.25, 0.3) is 0 Å². The number of aromatic nitrogens is 4. The van der Waals surface area contributed by atoms with Crippen molar-refractivity contribution in [2.45, 2.75) is 19.5 Å². The summed E-state index contributed by atoms with van der Waals surface area (Å²) in [5.74, 6) is 0.727. The third kappa shape index (κ3) is 2.86. The highest BCUT2D eigenvalue weighted by atomic mass is 79.9. The monoisotopic (exact) mass is 233 g/mol. The van der Waals surface area contributed by atoms with Crippen molar-refractivity contribution in [2.24, 2.45) is 7.05 Å². The van der Waals surface area contributed by atoms with E-state index in [4.69, 9.17) is 0 Å². The van der Waals surface area contributed by atoms with Gasteiger partial charge in [-0.25, -0.2) is 0 Å². The maximum absolute atomic E-state index is 4.03. The van der Waals surface area contributed by atoms with Crippen LogP contribution in [-0.2, 0) is 13.6 Å². The van der Waals surface area contributed by atoms with Crippen molar-refractivity contribution >= 4 is 15.9 Å². The summed E-state index contributed by atoms with van der Waals surface area (Å²) in [6.45, 7) is 2.76. The van der Waals surface area contributed by atoms with E-state index in [1.807, 2.05) is 0 Å². The van der Waals surface area contributed by atoms with Gasteiger partial charge in [-0.2, -0.15) is 4.80 Å². The molecule has 0 aromatic carbocycles. The first kappa shape index (κ1) is 9.60. The van der Waals surface area contributed by atoms with Gasteiger partial charge in [-0.3, -0.25) is 0 Å². The standard InChI is InChI=1S/C6H12BrN5/c1-5(3-7)8-4-6-9-11-12(2)10-6/h5,8H,3-4H2,1-2H3. The molecule has 0 radical (unpaired) electrons. The molecule has 1 atom stereocenters. The summed E-state index contributed by atoms with van der Waals surface area (Å²) in [5.41, 5.74) is 0. The van der Waals surface area contributed by atoms with E-state index in [0.717, 1.165) is 11.2 Å². The van der Waals surface area contributed by atoms with Crippen molar-refractivity contribution in [3.63, 3.8) is 0 Å². The Kier molecular flexibility index (Phi) is 3.61. The zero-order valence-corrected chi connectivity index (χ0v) is 8.74. The fourth-order valence-corrected chi connectivity index (χ4v) is 0.943. The first-order valence-electron chi connectivity index (χ1n) is 3.74. The quantitative estimate of drug-likeness (QED) is 0.750. The zero-order chi connectivity index (χ0) is 8.97. The molecule has 0 amide bonds. The van der Waals surface area contributed by atoms with Crippen molar-refractivity contribution < 1.29 is 0 Å². The Morgan fingerprint density at radius 1 is 1.67 bits per heavy atom. The molecular formula is C6H12BrN5. The molecule has 0 spiro atoms. The SMILES string of the molecule is CC(CBr)NCc1nnn(C)n1. The second-order valence-electron chi connectivity index (χ2n) is 2.63. The number of nitrogens with one attached hydrogen (secondary N) is 1. The van der Waals surface area contributed by atoms with E-state index in [2.05, 4.69) is 43.6 Å². The topological polar surface area (TPSA) is 55.6 Å². The summed E-state index contributed by atoms with van der Waals surface area (Å²) in [6.07, 6.45) is 0. The molecule has 0 aliphatic rings. The molecule has 1 unspecified atom stereocenters. The average molecular weight is 234 g/mol. The number of tetrazole rings is 1. The van der Waals surface area contributed by atoms with Gasteiger partial charge in [-0.15, -0.1) is 10.2 Å². The third-order valence-electron chi connectivity index (χ3n) is 1.39. The van der Waals surface area contributed by atoms with Gasteiger partial charge in [0, 0.05) is 11.4 Å². The number of nitrogens with zero attached hydrogens (tertiary/aromatic N) is 4. The molecule has 0 bridgehead atoms. The van der Waals surface area contributed by atoms with Crippen LogP contribution in [0.4, 0.5) is 0 Å². The highest BCUT2D eigenvalue weighted by Gasteiger charge is 2.02. The minimum absolute atomic E-state index is 0.425. The van der Waals surface area contributed by atoms with Crippen molar-refractivity contribution in [1.29, 1.82) is 0 Å². The maximum atomic E-state index is 4.03. The summed E-state index contributed by atoms with van der Waals surface area (Å²) >= 11 is 3.37. The fraction of sp³-hybridized carbons (Fsp3) is 0.833. The summed E-state index contributed by atoms with van der Waals surface area (Å²) in [7, 11) is 1.75. The van der Waals surface area contributed by atoms with E-state index in [0.29, 0.717) is 12.6 Å². The predicted molar refractivity (Wildman–Crippen MR) is 48.9 cm³/mol. The molecule has 0 fully saturated rings. The molecule has 1 N–H and O–H groups in total. The number of hydrogen-bond acceptors (Lipinski definition) is 4. The van der Waals surface area contributed by atoms with E-state index >= 15 is 0 Å². The highest BCUT2D eigenvalue weighted by Crippen LogP contribution is 1.91. The molecular weight excluding hydrogens is 222 g/mol. The van der Waals surface area contributed by atoms with Crippen LogP contribution in [0.3, 0.4) is 0 Å². The molecule has 5 nitrogen and oxygen atoms in total. The predicted octanol–water partition coefficient (Wildman–Crippen LogP) is 0.0831. The third-order valence-corrected chi connectivity index (χ3v) is 2.36. The molecule has 0 saturated heterocycles. The molecule has 0 aliphatic carbocycles. The van der Waals surface area contributed by atoms with Gasteiger partial charge in [-0.1, -0.05) is 15.9 Å². The van der Waals surface area contributed by atoms with Gasteiger partial charge in [0.25, 0.3) is 0 Å². The van der Waals surface area contributed by atoms with E-state index in [9.17, 15) is 0 Å². The van der Waals surface area contributed by atoms with Crippen LogP contribution in [0.5, 0.6) is 0 Å². The number of rotatable bonds is 4. The van der Waals surface area contributed by atoms with Gasteiger partial charge in [0.2, 0.25) is 0 Å². The van der Waals surface area contributed by atoms with E-state index in [1.165, 1.54) is 4.80 Å². The minimum atomic E-state index is 0.425. The van der Waals surface area contributed by atoms with E-state index < -0.39 is 0 Å². The van der Waals surface area contributed by atoms with Gasteiger partial charge >= 0.3 is 0 Å². The molecule has 1 heterocycles. The molecule has 0 aliphatic heterocycles. The summed E-state index contributed by atoms with van der Waals surface area (Å²) in [6, 6.07) is 0.425. The minimum Gasteiger partial charge on any atom is -0.306 e. The lowest BCUT2D eigenvalue weighted by molar-refractivity contribution is 0.575. The molecule has 1 aromatic rings. The Morgan fingerprint density at radius 3 is 2.92 bits per heavy atom. The van der Waals surface area contributed by atoms with Crippen molar-refractivity contribution in [3.8, 4) is 0 Å². The number of hydrogen-bond donors (Lipinski definition) is 1. The Balaban J connectivity index is 2.33. The van der Waals surface area contributed by atoms with Crippen LogP contribution in [0.15, 0.2) is 0 Å². The van der Waals surface area contributed by atoms with Crippen LogP contribution < -0.4 is 5.32 Å².